The van der Waals surface area contributed by atoms with Crippen molar-refractivity contribution in [1.82, 2.24) is 14.1 Å². The molecule has 1 amide bonds. The minimum Gasteiger partial charge on any atom is -0.462 e. The highest BCUT2D eigenvalue weighted by atomic mass is 16.5. The Morgan fingerprint density at radius 1 is 1.14 bits per heavy atom. The van der Waals surface area contributed by atoms with Gasteiger partial charge in [0.15, 0.2) is 0 Å². The van der Waals surface area contributed by atoms with E-state index >= 15 is 0 Å². The van der Waals surface area contributed by atoms with Crippen molar-refractivity contribution in [2.75, 3.05) is 11.9 Å². The van der Waals surface area contributed by atoms with Gasteiger partial charge in [-0.3, -0.25) is 4.79 Å². The van der Waals surface area contributed by atoms with E-state index in [0.29, 0.717) is 24.3 Å². The summed E-state index contributed by atoms with van der Waals surface area (Å²) in [5.74, 6) is -0.605. The molecule has 1 aromatic carbocycles. The Labute approximate surface area is 170 Å². The standard InChI is InChI=1S/C22H26N4O3/c1-4-25-13-18(22(28)29-5-2)19(14-25)24-20(27)11-12-26-15-23-21(16(26)3)17-9-7-6-8-10-17/h6-10,13-15H,4-5,11-12H2,1-3H3,(H,24,27). The fourth-order valence-corrected chi connectivity index (χ4v) is 3.14. The van der Waals surface area contributed by atoms with E-state index in [1.54, 1.807) is 25.6 Å². The molecule has 1 N–H and O–H groups in total. The van der Waals surface area contributed by atoms with E-state index in [2.05, 4.69) is 10.3 Å². The Morgan fingerprint density at radius 2 is 1.90 bits per heavy atom. The third kappa shape index (κ3) is 4.74. The van der Waals surface area contributed by atoms with Gasteiger partial charge in [0, 0.05) is 43.2 Å². The molecule has 0 aliphatic rings. The Hall–Kier alpha value is -3.35. The van der Waals surface area contributed by atoms with Gasteiger partial charge in [-0.05, 0) is 20.8 Å². The number of rotatable bonds is 8. The molecule has 0 fully saturated rings. The van der Waals surface area contributed by atoms with Gasteiger partial charge in [0.25, 0.3) is 0 Å². The fourth-order valence-electron chi connectivity index (χ4n) is 3.14. The molecular formula is C22H26N4O3. The summed E-state index contributed by atoms with van der Waals surface area (Å²) < 4.78 is 8.89. The zero-order chi connectivity index (χ0) is 20.8. The van der Waals surface area contributed by atoms with Gasteiger partial charge < -0.3 is 19.2 Å². The molecule has 0 bridgehead atoms. The smallest absolute Gasteiger partial charge is 0.341 e. The van der Waals surface area contributed by atoms with Crippen LogP contribution in [-0.2, 0) is 22.6 Å². The summed E-state index contributed by atoms with van der Waals surface area (Å²) in [7, 11) is 0. The van der Waals surface area contributed by atoms with Crippen LogP contribution in [-0.4, -0.2) is 32.6 Å². The lowest BCUT2D eigenvalue weighted by atomic mass is 10.1. The first kappa shape index (κ1) is 20.4. The molecular weight excluding hydrogens is 368 g/mol. The van der Waals surface area contributed by atoms with E-state index < -0.39 is 5.97 Å². The minimum absolute atomic E-state index is 0.168. The number of nitrogens with zero attached hydrogens (tertiary/aromatic N) is 3. The van der Waals surface area contributed by atoms with Gasteiger partial charge in [-0.2, -0.15) is 0 Å². The summed E-state index contributed by atoms with van der Waals surface area (Å²) >= 11 is 0. The molecule has 7 heteroatoms. The Kier molecular flexibility index (Phi) is 6.49. The molecule has 0 aliphatic carbocycles. The van der Waals surface area contributed by atoms with Crippen LogP contribution in [0.25, 0.3) is 11.3 Å². The van der Waals surface area contributed by atoms with Gasteiger partial charge in [0.1, 0.15) is 5.56 Å². The summed E-state index contributed by atoms with van der Waals surface area (Å²) in [5, 5.41) is 2.84. The molecule has 0 aliphatic heterocycles. The van der Waals surface area contributed by atoms with Crippen molar-refractivity contribution in [2.24, 2.45) is 0 Å². The van der Waals surface area contributed by atoms with Crippen molar-refractivity contribution < 1.29 is 14.3 Å². The van der Waals surface area contributed by atoms with Gasteiger partial charge in [-0.15, -0.1) is 0 Å². The SMILES string of the molecule is CCOC(=O)c1cn(CC)cc1NC(=O)CCn1cnc(-c2ccccc2)c1C. The van der Waals surface area contributed by atoms with Crippen molar-refractivity contribution >= 4 is 17.6 Å². The number of carbonyl (C=O) groups is 2. The van der Waals surface area contributed by atoms with Crippen molar-refractivity contribution in [3.8, 4) is 11.3 Å². The van der Waals surface area contributed by atoms with E-state index in [1.165, 1.54) is 0 Å². The number of hydrogen-bond donors (Lipinski definition) is 1. The molecule has 3 rings (SSSR count). The molecule has 0 saturated heterocycles. The van der Waals surface area contributed by atoms with Crippen LogP contribution >= 0.6 is 0 Å². The molecule has 2 aromatic heterocycles. The summed E-state index contributed by atoms with van der Waals surface area (Å²) in [6.45, 7) is 7.19. The van der Waals surface area contributed by atoms with E-state index in [1.807, 2.05) is 53.3 Å². The summed E-state index contributed by atoms with van der Waals surface area (Å²) in [6.07, 6.45) is 5.47. The number of anilines is 1. The van der Waals surface area contributed by atoms with Crippen LogP contribution in [0.5, 0.6) is 0 Å². The number of carbonyl (C=O) groups excluding carboxylic acids is 2. The molecule has 0 spiro atoms. The van der Waals surface area contributed by atoms with Crippen LogP contribution in [0.3, 0.4) is 0 Å². The van der Waals surface area contributed by atoms with E-state index in [9.17, 15) is 9.59 Å². The Morgan fingerprint density at radius 3 is 2.59 bits per heavy atom. The highest BCUT2D eigenvalue weighted by Gasteiger charge is 2.18. The van der Waals surface area contributed by atoms with Crippen molar-refractivity contribution in [2.45, 2.75) is 40.3 Å². The zero-order valence-electron chi connectivity index (χ0n) is 17.0. The van der Waals surface area contributed by atoms with Crippen LogP contribution in [0, 0.1) is 6.92 Å². The number of ether oxygens (including phenoxy) is 1. The van der Waals surface area contributed by atoms with Crippen LogP contribution in [0.4, 0.5) is 5.69 Å². The maximum atomic E-state index is 12.5. The molecule has 3 aromatic rings. The summed E-state index contributed by atoms with van der Waals surface area (Å²) in [5.41, 5.74) is 3.81. The lowest BCUT2D eigenvalue weighted by molar-refractivity contribution is -0.116. The number of nitrogens with one attached hydrogen (secondary N) is 1. The first-order chi connectivity index (χ1) is 14.0. The quantitative estimate of drug-likeness (QED) is 0.588. The molecule has 29 heavy (non-hydrogen) atoms. The number of aromatic nitrogens is 3. The van der Waals surface area contributed by atoms with E-state index in [0.717, 1.165) is 17.0 Å². The van der Waals surface area contributed by atoms with E-state index in [-0.39, 0.29) is 18.9 Å². The van der Waals surface area contributed by atoms with Gasteiger partial charge >= 0.3 is 5.97 Å². The third-order valence-electron chi connectivity index (χ3n) is 4.74. The predicted molar refractivity (Wildman–Crippen MR) is 112 cm³/mol. The monoisotopic (exact) mass is 394 g/mol. The highest BCUT2D eigenvalue weighted by molar-refractivity contribution is 6.01. The number of benzene rings is 1. The third-order valence-corrected chi connectivity index (χ3v) is 4.74. The minimum atomic E-state index is -0.437. The van der Waals surface area contributed by atoms with Crippen molar-refractivity contribution in [1.29, 1.82) is 0 Å². The van der Waals surface area contributed by atoms with Crippen LogP contribution < -0.4 is 5.32 Å². The molecule has 7 nitrogen and oxygen atoms in total. The van der Waals surface area contributed by atoms with Crippen LogP contribution in [0.1, 0.15) is 36.3 Å². The van der Waals surface area contributed by atoms with Crippen LogP contribution in [0.15, 0.2) is 49.1 Å². The van der Waals surface area contributed by atoms with Gasteiger partial charge in [-0.25, -0.2) is 9.78 Å². The first-order valence-electron chi connectivity index (χ1n) is 9.77. The molecule has 0 radical (unpaired) electrons. The second kappa shape index (κ2) is 9.23. The average Bonchev–Trinajstić information content (AvgIpc) is 3.30. The number of amides is 1. The molecule has 0 atom stereocenters. The normalized spacial score (nSPS) is 10.7. The summed E-state index contributed by atoms with van der Waals surface area (Å²) in [6, 6.07) is 9.95. The first-order valence-corrected chi connectivity index (χ1v) is 9.77. The lowest BCUT2D eigenvalue weighted by Crippen LogP contribution is -2.16. The largest absolute Gasteiger partial charge is 0.462 e. The number of esters is 1. The zero-order valence-corrected chi connectivity index (χ0v) is 17.0. The predicted octanol–water partition coefficient (Wildman–Crippen LogP) is 3.89. The van der Waals surface area contributed by atoms with Crippen LogP contribution in [0.2, 0.25) is 0 Å². The number of hydrogen-bond acceptors (Lipinski definition) is 4. The molecule has 152 valence electrons. The van der Waals surface area contributed by atoms with E-state index in [4.69, 9.17) is 4.74 Å². The second-order valence-electron chi connectivity index (χ2n) is 6.67. The lowest BCUT2D eigenvalue weighted by Gasteiger charge is -2.08. The number of imidazole rings is 1. The molecule has 2 heterocycles. The number of aryl methyl sites for hydroxylation is 2. The molecule has 0 unspecified atom stereocenters. The van der Waals surface area contributed by atoms with Gasteiger partial charge in [0.05, 0.1) is 24.3 Å². The summed E-state index contributed by atoms with van der Waals surface area (Å²) in [4.78, 5) is 29.1. The maximum Gasteiger partial charge on any atom is 0.341 e. The fraction of sp³-hybridized carbons (Fsp3) is 0.318. The van der Waals surface area contributed by atoms with Crippen molar-refractivity contribution in [3.05, 3.63) is 60.3 Å². The second-order valence-corrected chi connectivity index (χ2v) is 6.67. The van der Waals surface area contributed by atoms with Crippen molar-refractivity contribution in [3.63, 3.8) is 0 Å². The Balaban J connectivity index is 1.66. The topological polar surface area (TPSA) is 78.1 Å². The highest BCUT2D eigenvalue weighted by Crippen LogP contribution is 2.22. The molecule has 0 saturated carbocycles. The average molecular weight is 394 g/mol. The maximum absolute atomic E-state index is 12.5. The Bertz CT molecular complexity index is 989. The van der Waals surface area contributed by atoms with Gasteiger partial charge in [0.2, 0.25) is 5.91 Å². The van der Waals surface area contributed by atoms with Gasteiger partial charge in [-0.1, -0.05) is 30.3 Å².